The Morgan fingerprint density at radius 2 is 1.77 bits per heavy atom. The Morgan fingerprint density at radius 1 is 1.07 bits per heavy atom. The molecule has 8 heteroatoms. The van der Waals surface area contributed by atoms with Crippen LogP contribution in [0.2, 0.25) is 0 Å². The van der Waals surface area contributed by atoms with Gasteiger partial charge in [-0.25, -0.2) is 0 Å². The molecule has 2 aromatic rings. The first-order chi connectivity index (χ1) is 14.3. The number of benzene rings is 1. The first-order valence-corrected chi connectivity index (χ1v) is 10.1. The van der Waals surface area contributed by atoms with E-state index in [0.717, 1.165) is 0 Å². The monoisotopic (exact) mass is 410 g/mol. The largest absolute Gasteiger partial charge is 0.459 e. The molecule has 0 bridgehead atoms. The highest BCUT2D eigenvalue weighted by atomic mass is 16.3. The van der Waals surface area contributed by atoms with Gasteiger partial charge in [0, 0.05) is 26.2 Å². The van der Waals surface area contributed by atoms with Crippen molar-refractivity contribution >= 4 is 29.1 Å². The Labute approximate surface area is 175 Å². The molecule has 0 saturated carbocycles. The van der Waals surface area contributed by atoms with E-state index in [1.807, 2.05) is 25.1 Å². The van der Waals surface area contributed by atoms with Gasteiger partial charge in [0.15, 0.2) is 5.76 Å². The zero-order valence-corrected chi connectivity index (χ0v) is 17.4. The Kier molecular flexibility index (Phi) is 5.11. The number of carbonyl (C=O) groups excluding carboxylic acids is 3. The topological polar surface area (TPSA) is 86.1 Å². The number of furan rings is 1. The molecule has 4 rings (SSSR count). The van der Waals surface area contributed by atoms with Gasteiger partial charge in [0.1, 0.15) is 5.54 Å². The van der Waals surface area contributed by atoms with Crippen molar-refractivity contribution < 1.29 is 18.8 Å². The first-order valence-electron chi connectivity index (χ1n) is 10.1. The summed E-state index contributed by atoms with van der Waals surface area (Å²) in [5.41, 5.74) is 0.332. The zero-order chi connectivity index (χ0) is 21.5. The lowest BCUT2D eigenvalue weighted by Gasteiger charge is -2.45. The third-order valence-corrected chi connectivity index (χ3v) is 5.97. The van der Waals surface area contributed by atoms with Gasteiger partial charge in [-0.2, -0.15) is 0 Å². The van der Waals surface area contributed by atoms with Gasteiger partial charge < -0.3 is 14.6 Å². The van der Waals surface area contributed by atoms with Crippen LogP contribution in [0.4, 0.5) is 11.4 Å². The Bertz CT molecular complexity index is 961. The summed E-state index contributed by atoms with van der Waals surface area (Å²) in [6.07, 6.45) is 1.48. The number of hydrogen-bond donors (Lipinski definition) is 1. The van der Waals surface area contributed by atoms with Gasteiger partial charge in [0.25, 0.3) is 5.91 Å². The van der Waals surface area contributed by atoms with E-state index in [-0.39, 0.29) is 17.7 Å². The second-order valence-electron chi connectivity index (χ2n) is 8.19. The molecule has 1 N–H and O–H groups in total. The van der Waals surface area contributed by atoms with Crippen LogP contribution in [0.3, 0.4) is 0 Å². The maximum Gasteiger partial charge on any atom is 0.289 e. The van der Waals surface area contributed by atoms with Gasteiger partial charge in [-0.1, -0.05) is 12.1 Å². The van der Waals surface area contributed by atoms with Gasteiger partial charge in [0.05, 0.1) is 23.7 Å². The summed E-state index contributed by atoms with van der Waals surface area (Å²) in [5, 5.41) is 2.89. The van der Waals surface area contributed by atoms with E-state index in [0.29, 0.717) is 43.3 Å². The molecule has 0 aliphatic carbocycles. The third kappa shape index (κ3) is 3.37. The Balaban J connectivity index is 1.49. The van der Waals surface area contributed by atoms with E-state index in [9.17, 15) is 14.4 Å². The van der Waals surface area contributed by atoms with Gasteiger partial charge in [0.2, 0.25) is 11.8 Å². The predicted molar refractivity (Wildman–Crippen MR) is 112 cm³/mol. The van der Waals surface area contributed by atoms with Crippen LogP contribution in [0.25, 0.3) is 0 Å². The molecule has 0 spiro atoms. The molecule has 1 saturated heterocycles. The minimum atomic E-state index is -1.00. The average Bonchev–Trinajstić information content (AvgIpc) is 3.28. The number of rotatable bonds is 3. The van der Waals surface area contributed by atoms with E-state index < -0.39 is 11.6 Å². The summed E-state index contributed by atoms with van der Waals surface area (Å²) in [7, 11) is 0. The van der Waals surface area contributed by atoms with Crippen molar-refractivity contribution in [2.75, 3.05) is 36.4 Å². The number of fused-ring (bicyclic) bond motifs is 1. The van der Waals surface area contributed by atoms with Crippen molar-refractivity contribution in [1.29, 1.82) is 0 Å². The number of para-hydroxylation sites is 2. The molecular weight excluding hydrogens is 384 g/mol. The fourth-order valence-corrected chi connectivity index (χ4v) is 4.06. The molecule has 1 aromatic heterocycles. The van der Waals surface area contributed by atoms with Crippen LogP contribution in [0.1, 0.15) is 31.3 Å². The molecule has 3 amide bonds. The molecule has 30 heavy (non-hydrogen) atoms. The summed E-state index contributed by atoms with van der Waals surface area (Å²) in [6.45, 7) is 7.53. The smallest absolute Gasteiger partial charge is 0.289 e. The average molecular weight is 410 g/mol. The van der Waals surface area contributed by atoms with Crippen molar-refractivity contribution in [3.8, 4) is 0 Å². The van der Waals surface area contributed by atoms with Crippen LogP contribution in [-0.4, -0.2) is 65.3 Å². The number of nitrogens with zero attached hydrogens (tertiary/aromatic N) is 3. The lowest BCUT2D eigenvalue weighted by atomic mass is 9.95. The predicted octanol–water partition coefficient (Wildman–Crippen LogP) is 2.19. The van der Waals surface area contributed by atoms with Gasteiger partial charge in [-0.15, -0.1) is 0 Å². The quantitative estimate of drug-likeness (QED) is 0.838. The maximum atomic E-state index is 13.5. The van der Waals surface area contributed by atoms with Crippen LogP contribution in [0.5, 0.6) is 0 Å². The maximum absolute atomic E-state index is 13.5. The molecular formula is C22H26N4O4. The van der Waals surface area contributed by atoms with Crippen LogP contribution < -0.4 is 10.2 Å². The number of hydrogen-bond acceptors (Lipinski definition) is 5. The van der Waals surface area contributed by atoms with Crippen molar-refractivity contribution in [1.82, 2.24) is 9.80 Å². The van der Waals surface area contributed by atoms with Crippen LogP contribution in [-0.2, 0) is 9.59 Å². The van der Waals surface area contributed by atoms with E-state index in [1.54, 1.807) is 41.8 Å². The molecule has 2 aliphatic heterocycles. The van der Waals surface area contributed by atoms with E-state index in [2.05, 4.69) is 10.2 Å². The van der Waals surface area contributed by atoms with Crippen LogP contribution in [0, 0.1) is 0 Å². The summed E-state index contributed by atoms with van der Waals surface area (Å²) in [6, 6.07) is 10.3. The molecule has 1 atom stereocenters. The summed E-state index contributed by atoms with van der Waals surface area (Å²) >= 11 is 0. The van der Waals surface area contributed by atoms with Gasteiger partial charge in [-0.3, -0.25) is 24.2 Å². The fourth-order valence-electron chi connectivity index (χ4n) is 4.06. The van der Waals surface area contributed by atoms with Crippen molar-refractivity contribution in [2.45, 2.75) is 32.4 Å². The molecule has 1 aromatic carbocycles. The number of carbonyl (C=O) groups is 3. The summed E-state index contributed by atoms with van der Waals surface area (Å²) < 4.78 is 5.20. The van der Waals surface area contributed by atoms with Gasteiger partial charge in [-0.05, 0) is 45.0 Å². The Hall–Kier alpha value is -3.13. The highest BCUT2D eigenvalue weighted by Crippen LogP contribution is 2.37. The van der Waals surface area contributed by atoms with E-state index in [1.165, 1.54) is 6.26 Å². The molecule has 0 radical (unpaired) electrons. The third-order valence-electron chi connectivity index (χ3n) is 5.97. The van der Waals surface area contributed by atoms with Crippen LogP contribution >= 0.6 is 0 Å². The first kappa shape index (κ1) is 20.2. The zero-order valence-electron chi connectivity index (χ0n) is 17.4. The van der Waals surface area contributed by atoms with Crippen molar-refractivity contribution in [2.24, 2.45) is 0 Å². The minimum absolute atomic E-state index is 0.131. The SMILES string of the molecule is C[C@H](C(=O)N1c2ccccc2NC(=O)C1(C)C)N1CCN(C(=O)c2ccco2)CC1. The standard InChI is InChI=1S/C22H26N4O4/c1-15(24-10-12-25(13-11-24)20(28)18-9-6-14-30-18)19(27)26-17-8-5-4-7-16(17)23-21(29)22(26,2)3/h4-9,14-15H,10-13H2,1-3H3,(H,23,29)/t15-/m1/s1. The van der Waals surface area contributed by atoms with Crippen LogP contribution in [0.15, 0.2) is 47.1 Å². The fraction of sp³-hybridized carbons (Fsp3) is 0.409. The number of piperazine rings is 1. The number of anilines is 2. The molecule has 158 valence electrons. The van der Waals surface area contributed by atoms with Gasteiger partial charge >= 0.3 is 0 Å². The summed E-state index contributed by atoms with van der Waals surface area (Å²) in [4.78, 5) is 44.0. The summed E-state index contributed by atoms with van der Waals surface area (Å²) in [5.74, 6) is -0.157. The van der Waals surface area contributed by atoms with Crippen molar-refractivity contribution in [3.05, 3.63) is 48.4 Å². The lowest BCUT2D eigenvalue weighted by molar-refractivity contribution is -0.129. The number of amides is 3. The Morgan fingerprint density at radius 3 is 2.43 bits per heavy atom. The number of nitrogens with one attached hydrogen (secondary N) is 1. The molecule has 0 unspecified atom stereocenters. The molecule has 3 heterocycles. The van der Waals surface area contributed by atoms with E-state index in [4.69, 9.17) is 4.42 Å². The van der Waals surface area contributed by atoms with Crippen molar-refractivity contribution in [3.63, 3.8) is 0 Å². The second kappa shape index (κ2) is 7.60. The highest BCUT2D eigenvalue weighted by molar-refractivity contribution is 6.15. The van der Waals surface area contributed by atoms with E-state index >= 15 is 0 Å². The molecule has 2 aliphatic rings. The molecule has 1 fully saturated rings. The molecule has 8 nitrogen and oxygen atoms in total. The second-order valence-corrected chi connectivity index (χ2v) is 8.19. The normalized spacial score (nSPS) is 19.8. The minimum Gasteiger partial charge on any atom is -0.459 e. The lowest BCUT2D eigenvalue weighted by Crippen LogP contribution is -2.63. The highest BCUT2D eigenvalue weighted by Gasteiger charge is 2.45.